The van der Waals surface area contributed by atoms with Crippen molar-refractivity contribution in [3.63, 3.8) is 0 Å². The number of amides is 1. The number of rotatable bonds is 5. The number of carbonyl (C=O) groups is 1. The van der Waals surface area contributed by atoms with Crippen LogP contribution in [0.25, 0.3) is 21.6 Å². The second-order valence-electron chi connectivity index (χ2n) is 7.26. The Kier molecular flexibility index (Phi) is 5.27. The van der Waals surface area contributed by atoms with Gasteiger partial charge >= 0.3 is 0 Å². The molecule has 1 atom stereocenters. The van der Waals surface area contributed by atoms with E-state index in [0.29, 0.717) is 23.2 Å². The summed E-state index contributed by atoms with van der Waals surface area (Å²) in [5.41, 5.74) is 1.96. The van der Waals surface area contributed by atoms with Crippen LogP contribution in [0.5, 0.6) is 0 Å². The molecule has 9 heteroatoms. The predicted octanol–water partition coefficient (Wildman–Crippen LogP) is 3.92. The van der Waals surface area contributed by atoms with E-state index in [4.69, 9.17) is 9.97 Å². The molecule has 7 nitrogen and oxygen atoms in total. The first-order chi connectivity index (χ1) is 15.2. The van der Waals surface area contributed by atoms with Crippen LogP contribution in [0.3, 0.4) is 0 Å². The fourth-order valence-electron chi connectivity index (χ4n) is 3.49. The van der Waals surface area contributed by atoms with Gasteiger partial charge in [-0.15, -0.1) is 11.3 Å². The molecule has 0 aliphatic carbocycles. The van der Waals surface area contributed by atoms with Gasteiger partial charge in [-0.05, 0) is 60.8 Å². The number of aromatic nitrogens is 3. The van der Waals surface area contributed by atoms with Crippen molar-refractivity contribution in [2.24, 2.45) is 0 Å². The van der Waals surface area contributed by atoms with Crippen LogP contribution in [0.1, 0.15) is 16.8 Å². The van der Waals surface area contributed by atoms with Crippen LogP contribution in [0, 0.1) is 5.82 Å². The quantitative estimate of drug-likeness (QED) is 0.441. The third kappa shape index (κ3) is 4.23. The lowest BCUT2D eigenvalue weighted by Crippen LogP contribution is -2.22. The molecule has 1 saturated heterocycles. The number of hydrogen-bond donors (Lipinski definition) is 3. The van der Waals surface area contributed by atoms with Gasteiger partial charge in [0.15, 0.2) is 5.82 Å². The lowest BCUT2D eigenvalue weighted by molar-refractivity contribution is 0.102. The third-order valence-electron chi connectivity index (χ3n) is 5.07. The third-order valence-corrected chi connectivity index (χ3v) is 5.98. The average molecular weight is 435 g/mol. The van der Waals surface area contributed by atoms with Gasteiger partial charge in [0.25, 0.3) is 5.91 Å². The van der Waals surface area contributed by atoms with Crippen LogP contribution in [-0.2, 0) is 0 Å². The van der Waals surface area contributed by atoms with Crippen molar-refractivity contribution >= 4 is 39.1 Å². The van der Waals surface area contributed by atoms with E-state index in [1.54, 1.807) is 23.6 Å². The van der Waals surface area contributed by atoms with E-state index in [-0.39, 0.29) is 5.91 Å². The van der Waals surface area contributed by atoms with E-state index in [1.807, 2.05) is 17.5 Å². The molecular weight excluding hydrogens is 415 g/mol. The maximum atomic E-state index is 13.1. The van der Waals surface area contributed by atoms with E-state index >= 15 is 0 Å². The zero-order valence-corrected chi connectivity index (χ0v) is 17.2. The normalized spacial score (nSPS) is 15.8. The molecule has 5 rings (SSSR count). The molecule has 3 aromatic heterocycles. The second-order valence-corrected chi connectivity index (χ2v) is 8.17. The predicted molar refractivity (Wildman–Crippen MR) is 120 cm³/mol. The fourth-order valence-corrected chi connectivity index (χ4v) is 4.27. The van der Waals surface area contributed by atoms with Crippen molar-refractivity contribution in [2.75, 3.05) is 23.7 Å². The first-order valence-electron chi connectivity index (χ1n) is 9.91. The van der Waals surface area contributed by atoms with E-state index < -0.39 is 5.82 Å². The molecule has 31 heavy (non-hydrogen) atoms. The van der Waals surface area contributed by atoms with Crippen LogP contribution < -0.4 is 16.0 Å². The molecule has 1 aromatic carbocycles. The number of carbonyl (C=O) groups excluding carboxylic acids is 1. The molecule has 3 N–H and O–H groups in total. The van der Waals surface area contributed by atoms with Gasteiger partial charge in [-0.1, -0.05) is 0 Å². The molecular formula is C22H19FN6OS. The molecule has 4 aromatic rings. The molecule has 156 valence electrons. The van der Waals surface area contributed by atoms with Crippen LogP contribution in [-0.4, -0.2) is 40.0 Å². The van der Waals surface area contributed by atoms with E-state index in [9.17, 15) is 9.18 Å². The highest BCUT2D eigenvalue weighted by molar-refractivity contribution is 7.17. The molecule has 1 aliphatic rings. The van der Waals surface area contributed by atoms with Gasteiger partial charge in [0, 0.05) is 29.9 Å². The number of nitrogens with zero attached hydrogens (tertiary/aromatic N) is 3. The minimum Gasteiger partial charge on any atom is -0.365 e. The second kappa shape index (κ2) is 8.37. The molecule has 0 radical (unpaired) electrons. The first-order valence-corrected chi connectivity index (χ1v) is 10.8. The fraction of sp³-hybridized carbons (Fsp3) is 0.182. The monoisotopic (exact) mass is 434 g/mol. The maximum Gasteiger partial charge on any atom is 0.256 e. The molecule has 4 heterocycles. The van der Waals surface area contributed by atoms with E-state index in [2.05, 4.69) is 20.9 Å². The van der Waals surface area contributed by atoms with E-state index in [0.717, 1.165) is 41.1 Å². The Morgan fingerprint density at radius 2 is 2.03 bits per heavy atom. The summed E-state index contributed by atoms with van der Waals surface area (Å²) >= 11 is 1.61. The Labute approximate surface area is 181 Å². The lowest BCUT2D eigenvalue weighted by atomic mass is 10.2. The molecule has 1 aliphatic heterocycles. The SMILES string of the molecule is O=C(Nc1cc(-c2nc(N[C@@H]3CCNC3)c3sccc3n2)ccn1)c1ccc(F)cc1. The van der Waals surface area contributed by atoms with Crippen molar-refractivity contribution < 1.29 is 9.18 Å². The summed E-state index contributed by atoms with van der Waals surface area (Å²) in [4.78, 5) is 26.1. The highest BCUT2D eigenvalue weighted by Gasteiger charge is 2.18. The molecule has 0 spiro atoms. The lowest BCUT2D eigenvalue weighted by Gasteiger charge is -2.14. The largest absolute Gasteiger partial charge is 0.365 e. The van der Waals surface area contributed by atoms with Gasteiger partial charge in [-0.2, -0.15) is 0 Å². The first kappa shape index (κ1) is 19.5. The Hall–Kier alpha value is -3.43. The number of fused-ring (bicyclic) bond motifs is 1. The van der Waals surface area contributed by atoms with Crippen molar-refractivity contribution in [1.29, 1.82) is 0 Å². The Morgan fingerprint density at radius 1 is 1.16 bits per heavy atom. The Balaban J connectivity index is 1.43. The number of benzene rings is 1. The average Bonchev–Trinajstić information content (AvgIpc) is 3.46. The topological polar surface area (TPSA) is 91.8 Å². The summed E-state index contributed by atoms with van der Waals surface area (Å²) in [7, 11) is 0. The minimum absolute atomic E-state index is 0.330. The summed E-state index contributed by atoms with van der Waals surface area (Å²) in [6.45, 7) is 1.89. The van der Waals surface area contributed by atoms with Gasteiger partial charge in [-0.25, -0.2) is 19.3 Å². The maximum absolute atomic E-state index is 13.1. The number of halogens is 1. The van der Waals surface area contributed by atoms with Crippen LogP contribution in [0.15, 0.2) is 54.0 Å². The zero-order valence-electron chi connectivity index (χ0n) is 16.4. The highest BCUT2D eigenvalue weighted by atomic mass is 32.1. The Bertz CT molecular complexity index is 1240. The standard InChI is InChI=1S/C22H19FN6OS/c23-15-3-1-13(2-4-15)22(30)28-18-11-14(5-9-25-18)20-27-17-7-10-31-19(17)21(29-20)26-16-6-8-24-12-16/h1-5,7,9-11,16,24H,6,8,12H2,(H,25,28,30)(H,26,27,29)/t16-/m1/s1. The van der Waals surface area contributed by atoms with Gasteiger partial charge in [0.1, 0.15) is 17.5 Å². The smallest absolute Gasteiger partial charge is 0.256 e. The number of anilines is 2. The summed E-state index contributed by atoms with van der Waals surface area (Å²) in [6.07, 6.45) is 2.64. The zero-order chi connectivity index (χ0) is 21.2. The molecule has 1 amide bonds. The van der Waals surface area contributed by atoms with Crippen LogP contribution in [0.2, 0.25) is 0 Å². The highest BCUT2D eigenvalue weighted by Crippen LogP contribution is 2.30. The summed E-state index contributed by atoms with van der Waals surface area (Å²) in [5, 5.41) is 11.6. The van der Waals surface area contributed by atoms with Gasteiger partial charge in [0.05, 0.1) is 10.2 Å². The van der Waals surface area contributed by atoms with Crippen LogP contribution in [0.4, 0.5) is 16.0 Å². The summed E-state index contributed by atoms with van der Waals surface area (Å²) < 4.78 is 14.1. The van der Waals surface area contributed by atoms with E-state index in [1.165, 1.54) is 24.3 Å². The molecule has 0 bridgehead atoms. The van der Waals surface area contributed by atoms with Gasteiger partial charge in [0.2, 0.25) is 0 Å². The number of hydrogen-bond acceptors (Lipinski definition) is 7. The summed E-state index contributed by atoms with van der Waals surface area (Å²) in [5.74, 6) is 0.983. The number of pyridine rings is 1. The van der Waals surface area contributed by atoms with Crippen molar-refractivity contribution in [2.45, 2.75) is 12.5 Å². The summed E-state index contributed by atoms with van der Waals surface area (Å²) in [6, 6.07) is 11.2. The van der Waals surface area contributed by atoms with Crippen LogP contribution >= 0.6 is 11.3 Å². The van der Waals surface area contributed by atoms with Crippen molar-refractivity contribution in [3.05, 3.63) is 65.4 Å². The van der Waals surface area contributed by atoms with Gasteiger partial charge in [-0.3, -0.25) is 4.79 Å². The number of nitrogens with one attached hydrogen (secondary N) is 3. The number of thiophene rings is 1. The van der Waals surface area contributed by atoms with Crippen molar-refractivity contribution in [1.82, 2.24) is 20.3 Å². The molecule has 1 fully saturated rings. The Morgan fingerprint density at radius 3 is 2.84 bits per heavy atom. The minimum atomic E-state index is -0.393. The van der Waals surface area contributed by atoms with Crippen molar-refractivity contribution in [3.8, 4) is 11.4 Å². The molecule has 0 saturated carbocycles. The van der Waals surface area contributed by atoms with Gasteiger partial charge < -0.3 is 16.0 Å². The molecule has 0 unspecified atom stereocenters.